The molecular formula is C13H23F2N3O. The second-order valence-corrected chi connectivity index (χ2v) is 4.61. The van der Waals surface area contributed by atoms with Crippen molar-refractivity contribution in [1.82, 2.24) is 15.1 Å². The number of aryl methyl sites for hydroxylation is 2. The maximum atomic E-state index is 12.0. The lowest BCUT2D eigenvalue weighted by atomic mass is 10.1. The van der Waals surface area contributed by atoms with E-state index in [0.29, 0.717) is 13.0 Å². The highest BCUT2D eigenvalue weighted by Crippen LogP contribution is 2.08. The number of nitrogens with zero attached hydrogens (tertiary/aromatic N) is 2. The minimum atomic E-state index is -2.39. The molecule has 0 aliphatic carbocycles. The number of aromatic nitrogens is 2. The van der Waals surface area contributed by atoms with Crippen LogP contribution in [-0.4, -0.2) is 42.0 Å². The molecule has 0 fully saturated rings. The number of hydrogen-bond donors (Lipinski definition) is 1. The molecule has 0 saturated heterocycles. The van der Waals surface area contributed by atoms with Crippen LogP contribution in [0.5, 0.6) is 0 Å². The zero-order chi connectivity index (χ0) is 14.3. The molecule has 110 valence electrons. The fourth-order valence-electron chi connectivity index (χ4n) is 2.07. The number of alkyl halides is 2. The second kappa shape index (κ2) is 8.22. The molecule has 6 heteroatoms. The topological polar surface area (TPSA) is 39.1 Å². The molecule has 1 rings (SSSR count). The molecule has 1 unspecified atom stereocenters. The Bertz CT molecular complexity index is 369. The molecule has 1 N–H and O–H groups in total. The number of hydrogen-bond acceptors (Lipinski definition) is 3. The predicted molar refractivity (Wildman–Crippen MR) is 70.6 cm³/mol. The van der Waals surface area contributed by atoms with E-state index in [1.807, 2.05) is 31.6 Å². The van der Waals surface area contributed by atoms with Gasteiger partial charge in [-0.05, 0) is 26.0 Å². The summed E-state index contributed by atoms with van der Waals surface area (Å²) >= 11 is 0. The van der Waals surface area contributed by atoms with Crippen molar-refractivity contribution in [2.45, 2.75) is 39.2 Å². The normalized spacial score (nSPS) is 13.2. The van der Waals surface area contributed by atoms with Gasteiger partial charge >= 0.3 is 0 Å². The summed E-state index contributed by atoms with van der Waals surface area (Å²) in [6.07, 6.45) is -0.856. The van der Waals surface area contributed by atoms with E-state index in [9.17, 15) is 8.78 Å². The largest absolute Gasteiger partial charge is 0.375 e. The highest BCUT2D eigenvalue weighted by molar-refractivity contribution is 5.10. The molecule has 0 bridgehead atoms. The number of likely N-dealkylation sites (N-methyl/N-ethyl adjacent to an activating group) is 1. The molecule has 1 heterocycles. The van der Waals surface area contributed by atoms with Crippen LogP contribution < -0.4 is 5.32 Å². The van der Waals surface area contributed by atoms with Gasteiger partial charge in [0, 0.05) is 31.8 Å². The van der Waals surface area contributed by atoms with Gasteiger partial charge in [0.15, 0.2) is 0 Å². The summed E-state index contributed by atoms with van der Waals surface area (Å²) in [6, 6.07) is 2.27. The van der Waals surface area contributed by atoms with E-state index in [-0.39, 0.29) is 6.04 Å². The molecule has 1 aromatic rings. The van der Waals surface area contributed by atoms with Crippen molar-refractivity contribution >= 4 is 0 Å². The van der Waals surface area contributed by atoms with Gasteiger partial charge in [-0.3, -0.25) is 4.68 Å². The molecule has 0 aliphatic rings. The average Bonchev–Trinajstić information content (AvgIpc) is 2.63. The quantitative estimate of drug-likeness (QED) is 0.700. The van der Waals surface area contributed by atoms with Crippen LogP contribution in [0.1, 0.15) is 24.7 Å². The van der Waals surface area contributed by atoms with Gasteiger partial charge in [-0.2, -0.15) is 5.10 Å². The van der Waals surface area contributed by atoms with Crippen molar-refractivity contribution in [2.24, 2.45) is 7.05 Å². The number of ether oxygens (including phenoxy) is 1. The molecule has 0 amide bonds. The third-order valence-electron chi connectivity index (χ3n) is 2.90. The van der Waals surface area contributed by atoms with Crippen LogP contribution in [0.25, 0.3) is 0 Å². The molecule has 1 atom stereocenters. The third-order valence-corrected chi connectivity index (χ3v) is 2.90. The lowest BCUT2D eigenvalue weighted by molar-refractivity contribution is 0.0144. The molecule has 0 aliphatic heterocycles. The van der Waals surface area contributed by atoms with Crippen LogP contribution in [0.3, 0.4) is 0 Å². The molecule has 0 radical (unpaired) electrons. The smallest absolute Gasteiger partial charge is 0.261 e. The summed E-state index contributed by atoms with van der Waals surface area (Å²) in [5.74, 6) is 0. The van der Waals surface area contributed by atoms with Crippen LogP contribution in [0.15, 0.2) is 6.07 Å². The first kappa shape index (κ1) is 16.0. The second-order valence-electron chi connectivity index (χ2n) is 4.61. The third kappa shape index (κ3) is 6.11. The minimum Gasteiger partial charge on any atom is -0.375 e. The van der Waals surface area contributed by atoms with Gasteiger partial charge in [-0.25, -0.2) is 8.78 Å². The van der Waals surface area contributed by atoms with Crippen LogP contribution in [0.4, 0.5) is 8.78 Å². The van der Waals surface area contributed by atoms with E-state index in [1.165, 1.54) is 0 Å². The molecule has 0 aromatic carbocycles. The van der Waals surface area contributed by atoms with Gasteiger partial charge in [0.2, 0.25) is 0 Å². The van der Waals surface area contributed by atoms with Crippen LogP contribution >= 0.6 is 0 Å². The summed E-state index contributed by atoms with van der Waals surface area (Å²) in [4.78, 5) is 0. The first-order valence-corrected chi connectivity index (χ1v) is 6.61. The monoisotopic (exact) mass is 275 g/mol. The van der Waals surface area contributed by atoms with E-state index in [1.54, 1.807) is 0 Å². The van der Waals surface area contributed by atoms with E-state index in [2.05, 4.69) is 10.4 Å². The van der Waals surface area contributed by atoms with Gasteiger partial charge < -0.3 is 10.1 Å². The van der Waals surface area contributed by atoms with Gasteiger partial charge in [0.1, 0.15) is 6.61 Å². The summed E-state index contributed by atoms with van der Waals surface area (Å²) in [7, 11) is 1.92. The van der Waals surface area contributed by atoms with Crippen molar-refractivity contribution in [2.75, 3.05) is 19.8 Å². The summed E-state index contributed by atoms with van der Waals surface area (Å²) in [5.41, 5.74) is 2.12. The summed E-state index contributed by atoms with van der Waals surface area (Å²) in [6.45, 7) is 4.69. The first-order valence-electron chi connectivity index (χ1n) is 6.61. The summed E-state index contributed by atoms with van der Waals surface area (Å²) in [5, 5.41) is 7.65. The van der Waals surface area contributed by atoms with E-state index in [4.69, 9.17) is 4.74 Å². The molecule has 0 saturated carbocycles. The van der Waals surface area contributed by atoms with Gasteiger partial charge in [-0.1, -0.05) is 6.92 Å². The highest BCUT2D eigenvalue weighted by Gasteiger charge is 2.12. The predicted octanol–water partition coefficient (Wildman–Crippen LogP) is 1.92. The van der Waals surface area contributed by atoms with Crippen LogP contribution in [0, 0.1) is 6.92 Å². The Morgan fingerprint density at radius 2 is 2.21 bits per heavy atom. The number of rotatable bonds is 9. The Hall–Kier alpha value is -1.01. The van der Waals surface area contributed by atoms with Crippen LogP contribution in [-0.2, 0) is 18.2 Å². The molecular weight excluding hydrogens is 252 g/mol. The Morgan fingerprint density at radius 1 is 1.47 bits per heavy atom. The van der Waals surface area contributed by atoms with Crippen molar-refractivity contribution in [3.8, 4) is 0 Å². The Labute approximate surface area is 113 Å². The lowest BCUT2D eigenvalue weighted by Crippen LogP contribution is -2.33. The lowest BCUT2D eigenvalue weighted by Gasteiger charge is -2.17. The Morgan fingerprint density at radius 3 is 2.74 bits per heavy atom. The fraction of sp³-hybridized carbons (Fsp3) is 0.769. The van der Waals surface area contributed by atoms with Crippen molar-refractivity contribution in [3.63, 3.8) is 0 Å². The molecule has 0 spiro atoms. The summed E-state index contributed by atoms with van der Waals surface area (Å²) < 4.78 is 30.7. The van der Waals surface area contributed by atoms with Gasteiger partial charge in [0.05, 0.1) is 5.69 Å². The van der Waals surface area contributed by atoms with Crippen molar-refractivity contribution in [3.05, 3.63) is 17.5 Å². The standard InChI is InChI=1S/C13H23F2N3O/c1-4-16-11(5-6-19-9-13(14)15)8-12-7-10(2)17-18(12)3/h7,11,13,16H,4-6,8-9H2,1-3H3. The minimum absolute atomic E-state index is 0.220. The van der Waals surface area contributed by atoms with Gasteiger partial charge in [-0.15, -0.1) is 0 Å². The Balaban J connectivity index is 2.41. The van der Waals surface area contributed by atoms with Gasteiger partial charge in [0.25, 0.3) is 6.43 Å². The van der Waals surface area contributed by atoms with Crippen LogP contribution in [0.2, 0.25) is 0 Å². The van der Waals surface area contributed by atoms with E-state index < -0.39 is 13.0 Å². The average molecular weight is 275 g/mol. The highest BCUT2D eigenvalue weighted by atomic mass is 19.3. The first-order chi connectivity index (χ1) is 9.02. The van der Waals surface area contributed by atoms with Crippen molar-refractivity contribution in [1.29, 1.82) is 0 Å². The molecule has 1 aromatic heterocycles. The van der Waals surface area contributed by atoms with E-state index >= 15 is 0 Å². The number of nitrogens with one attached hydrogen (secondary N) is 1. The fourth-order valence-corrected chi connectivity index (χ4v) is 2.07. The van der Waals surface area contributed by atoms with Crippen molar-refractivity contribution < 1.29 is 13.5 Å². The zero-order valence-electron chi connectivity index (χ0n) is 11.8. The SMILES string of the molecule is CCNC(CCOCC(F)F)Cc1cc(C)nn1C. The van der Waals surface area contributed by atoms with E-state index in [0.717, 1.165) is 24.4 Å². The maximum Gasteiger partial charge on any atom is 0.261 e. The molecule has 19 heavy (non-hydrogen) atoms. The molecule has 4 nitrogen and oxygen atoms in total. The number of halogens is 2. The maximum absolute atomic E-state index is 12.0. The zero-order valence-corrected chi connectivity index (χ0v) is 11.8. The Kier molecular flexibility index (Phi) is 6.94.